The highest BCUT2D eigenvalue weighted by atomic mass is 79.9. The smallest absolute Gasteiger partial charge is 0.311 e. The summed E-state index contributed by atoms with van der Waals surface area (Å²) in [6, 6.07) is 0. The minimum Gasteiger partial charge on any atom is -0.463 e. The minimum atomic E-state index is -0.918. The van der Waals surface area contributed by atoms with Crippen LogP contribution in [-0.2, 0) is 23.8 Å². The first kappa shape index (κ1) is 31.8. The van der Waals surface area contributed by atoms with Crippen LogP contribution in [0.15, 0.2) is 0 Å². The van der Waals surface area contributed by atoms with Gasteiger partial charge in [0.2, 0.25) is 0 Å². The summed E-state index contributed by atoms with van der Waals surface area (Å²) in [5.74, 6) is -2.78. The van der Waals surface area contributed by atoms with Crippen molar-refractivity contribution in [3.05, 3.63) is 0 Å². The molecule has 194 valence electrons. The summed E-state index contributed by atoms with van der Waals surface area (Å²) < 4.78 is 17.4. The molecule has 9 atom stereocenters. The maximum atomic E-state index is 13.5. The summed E-state index contributed by atoms with van der Waals surface area (Å²) in [5.41, 5.74) is -1.45. The third kappa shape index (κ3) is 8.67. The van der Waals surface area contributed by atoms with Gasteiger partial charge >= 0.3 is 11.9 Å². The fourth-order valence-corrected chi connectivity index (χ4v) is 7.31. The first-order valence-corrected chi connectivity index (χ1v) is 14.8. The number of ether oxygens (including phenoxy) is 3. The van der Waals surface area contributed by atoms with Gasteiger partial charge in [-0.15, -0.1) is 0 Å². The molecule has 11 heteroatoms. The number of aliphatic hydroxyl groups is 2. The van der Waals surface area contributed by atoms with Crippen molar-refractivity contribution < 1.29 is 34.0 Å². The van der Waals surface area contributed by atoms with Crippen molar-refractivity contribution in [2.75, 3.05) is 19.8 Å². The van der Waals surface area contributed by atoms with Crippen LogP contribution in [0.4, 0.5) is 0 Å². The third-order valence-electron chi connectivity index (χ3n) is 6.21. The Kier molecular flexibility index (Phi) is 13.4. The molecule has 2 N–H and O–H groups in total. The van der Waals surface area contributed by atoms with E-state index in [-0.39, 0.29) is 29.5 Å². The lowest BCUT2D eigenvalue weighted by atomic mass is 9.78. The molecule has 1 fully saturated rings. The van der Waals surface area contributed by atoms with Gasteiger partial charge in [-0.1, -0.05) is 77.6 Å². The summed E-state index contributed by atoms with van der Waals surface area (Å²) in [6.45, 7) is 9.14. The number of aliphatic hydroxyl groups excluding tert-OH is 2. The predicted octanol–water partition coefficient (Wildman–Crippen LogP) is 4.49. The zero-order valence-electron chi connectivity index (χ0n) is 19.7. The topological polar surface area (TPSA) is 102 Å². The molecule has 0 aromatic heterocycles. The molecule has 1 aliphatic rings. The Morgan fingerprint density at radius 2 is 1.39 bits per heavy atom. The lowest BCUT2D eigenvalue weighted by Crippen LogP contribution is -2.56. The van der Waals surface area contributed by atoms with Gasteiger partial charge in [0, 0.05) is 25.9 Å². The van der Waals surface area contributed by atoms with Crippen molar-refractivity contribution in [3.8, 4) is 0 Å². The van der Waals surface area contributed by atoms with Crippen LogP contribution in [0.25, 0.3) is 0 Å². The van der Waals surface area contributed by atoms with E-state index in [9.17, 15) is 19.8 Å². The minimum absolute atomic E-state index is 0.00352. The molecule has 9 unspecified atom stereocenters. The van der Waals surface area contributed by atoms with Crippen molar-refractivity contribution in [1.82, 2.24) is 0 Å². The quantitative estimate of drug-likeness (QED) is 0.226. The van der Waals surface area contributed by atoms with Gasteiger partial charge < -0.3 is 24.4 Å². The molecule has 0 radical (unpaired) electrons. The van der Waals surface area contributed by atoms with Crippen molar-refractivity contribution in [1.29, 1.82) is 0 Å². The molecule has 0 heterocycles. The highest BCUT2D eigenvalue weighted by Crippen LogP contribution is 2.46. The van der Waals surface area contributed by atoms with Gasteiger partial charge in [-0.25, -0.2) is 0 Å². The standard InChI is InChI=1S/C22H36Br4O7/c1-6-21(4,8-9-27)32-11-22(5,7-2)33-20(30)14-13(19(29)31-10-12(3)28)15(23)17(25)18(26)16(14)24/h12-18,27-28H,6-11H2,1-5H3. The number of hydrogen-bond donors (Lipinski definition) is 2. The predicted molar refractivity (Wildman–Crippen MR) is 142 cm³/mol. The second kappa shape index (κ2) is 13.9. The fourth-order valence-electron chi connectivity index (χ4n) is 3.42. The second-order valence-electron chi connectivity index (χ2n) is 9.10. The molecule has 1 saturated carbocycles. The van der Waals surface area contributed by atoms with Gasteiger partial charge in [-0.2, -0.15) is 0 Å². The van der Waals surface area contributed by atoms with Crippen molar-refractivity contribution in [2.45, 2.75) is 90.5 Å². The molecule has 0 aliphatic heterocycles. The van der Waals surface area contributed by atoms with Crippen LogP contribution in [0.3, 0.4) is 0 Å². The first-order chi connectivity index (χ1) is 15.3. The number of hydrogen-bond acceptors (Lipinski definition) is 7. The largest absolute Gasteiger partial charge is 0.463 e. The number of halogens is 4. The van der Waals surface area contributed by atoms with Crippen LogP contribution in [0, 0.1) is 11.8 Å². The number of rotatable bonds is 12. The van der Waals surface area contributed by atoms with Crippen LogP contribution in [0.2, 0.25) is 0 Å². The van der Waals surface area contributed by atoms with Crippen LogP contribution < -0.4 is 0 Å². The molecular formula is C22H36Br4O7. The lowest BCUT2D eigenvalue weighted by Gasteiger charge is -2.43. The zero-order valence-corrected chi connectivity index (χ0v) is 26.1. The van der Waals surface area contributed by atoms with Crippen LogP contribution >= 0.6 is 63.7 Å². The molecule has 7 nitrogen and oxygen atoms in total. The molecule has 1 rings (SSSR count). The molecule has 1 aliphatic carbocycles. The molecule has 0 aromatic rings. The summed E-state index contributed by atoms with van der Waals surface area (Å²) in [7, 11) is 0. The van der Waals surface area contributed by atoms with Crippen molar-refractivity contribution in [2.24, 2.45) is 11.8 Å². The Balaban J connectivity index is 3.12. The lowest BCUT2D eigenvalue weighted by molar-refractivity contribution is -0.184. The van der Waals surface area contributed by atoms with Crippen LogP contribution in [0.5, 0.6) is 0 Å². The summed E-state index contributed by atoms with van der Waals surface area (Å²) >= 11 is 14.4. The average Bonchev–Trinajstić information content (AvgIpc) is 2.77. The first-order valence-electron chi connectivity index (χ1n) is 11.1. The maximum Gasteiger partial charge on any atom is 0.311 e. The molecule has 0 spiro atoms. The van der Waals surface area contributed by atoms with E-state index in [1.54, 1.807) is 6.92 Å². The summed E-state index contributed by atoms with van der Waals surface area (Å²) in [4.78, 5) is 25.3. The Labute approximate surface area is 230 Å². The van der Waals surface area contributed by atoms with E-state index in [1.807, 2.05) is 20.8 Å². The highest BCUT2D eigenvalue weighted by molar-refractivity contribution is 9.14. The maximum absolute atomic E-state index is 13.5. The number of carbonyl (C=O) groups excluding carboxylic acids is 2. The highest BCUT2D eigenvalue weighted by Gasteiger charge is 2.55. The van der Waals surface area contributed by atoms with E-state index >= 15 is 0 Å². The Bertz CT molecular complexity index is 652. The monoisotopic (exact) mass is 728 g/mol. The molecular weight excluding hydrogens is 696 g/mol. The van der Waals surface area contributed by atoms with E-state index in [0.29, 0.717) is 19.3 Å². The van der Waals surface area contributed by atoms with Crippen molar-refractivity contribution >= 4 is 75.7 Å². The summed E-state index contributed by atoms with van der Waals surface area (Å²) in [6.07, 6.45) is 0.871. The van der Waals surface area contributed by atoms with Crippen LogP contribution in [-0.4, -0.2) is 78.6 Å². The molecule has 0 amide bonds. The molecule has 0 saturated heterocycles. The zero-order chi connectivity index (χ0) is 25.6. The van der Waals surface area contributed by atoms with Gasteiger partial charge in [0.15, 0.2) is 0 Å². The number of esters is 2. The van der Waals surface area contributed by atoms with Gasteiger partial charge in [-0.05, 0) is 40.0 Å². The third-order valence-corrected chi connectivity index (χ3v) is 12.9. The average molecular weight is 732 g/mol. The number of alkyl halides is 4. The van der Waals surface area contributed by atoms with E-state index < -0.39 is 50.7 Å². The molecule has 0 aromatic carbocycles. The Hall–Kier alpha value is 0.740. The van der Waals surface area contributed by atoms with Gasteiger partial charge in [0.05, 0.1) is 30.1 Å². The molecule has 0 bridgehead atoms. The van der Waals surface area contributed by atoms with E-state index in [0.717, 1.165) is 0 Å². The van der Waals surface area contributed by atoms with E-state index in [4.69, 9.17) is 14.2 Å². The second-order valence-corrected chi connectivity index (χ2v) is 13.3. The Morgan fingerprint density at radius 3 is 1.82 bits per heavy atom. The summed E-state index contributed by atoms with van der Waals surface area (Å²) in [5, 5.41) is 18.9. The van der Waals surface area contributed by atoms with Gasteiger partial charge in [0.25, 0.3) is 0 Å². The van der Waals surface area contributed by atoms with E-state index in [1.165, 1.54) is 6.92 Å². The van der Waals surface area contributed by atoms with Gasteiger partial charge in [-0.3, -0.25) is 9.59 Å². The van der Waals surface area contributed by atoms with Gasteiger partial charge in [0.1, 0.15) is 12.2 Å². The normalized spacial score (nSPS) is 32.3. The van der Waals surface area contributed by atoms with Crippen LogP contribution in [0.1, 0.15) is 53.9 Å². The molecule has 33 heavy (non-hydrogen) atoms. The van der Waals surface area contributed by atoms with E-state index in [2.05, 4.69) is 63.7 Å². The SMILES string of the molecule is CCC(C)(CCO)OCC(C)(CC)OC(=O)C1C(Br)C(Br)C(Br)C(Br)C1C(=O)OCC(C)O. The fraction of sp³-hybridized carbons (Fsp3) is 0.909. The Morgan fingerprint density at radius 1 is 0.909 bits per heavy atom. The number of carbonyl (C=O) groups is 2. The van der Waals surface area contributed by atoms with Crippen molar-refractivity contribution in [3.63, 3.8) is 0 Å².